The topological polar surface area (TPSA) is 3.24 Å². The molecule has 0 N–H and O–H groups in total. The van der Waals surface area contributed by atoms with E-state index in [1.807, 2.05) is 0 Å². The van der Waals surface area contributed by atoms with Crippen LogP contribution in [-0.4, -0.2) is 14.1 Å². The molecule has 1 atom stereocenters. The van der Waals surface area contributed by atoms with Crippen molar-refractivity contribution in [1.82, 2.24) is 0 Å². The van der Waals surface area contributed by atoms with Gasteiger partial charge in [-0.25, -0.2) is 0 Å². The Morgan fingerprint density at radius 1 is 0.741 bits per heavy atom. The van der Waals surface area contributed by atoms with Crippen LogP contribution in [0.4, 0.5) is 5.69 Å². The Balaban J connectivity index is 1.65. The van der Waals surface area contributed by atoms with Crippen LogP contribution in [0.15, 0.2) is 72.8 Å². The first-order chi connectivity index (χ1) is 13.2. The van der Waals surface area contributed by atoms with Gasteiger partial charge in [0, 0.05) is 25.7 Å². The van der Waals surface area contributed by atoms with Crippen LogP contribution in [0.25, 0.3) is 21.5 Å². The molecule has 4 aromatic carbocycles. The molecule has 134 valence electrons. The van der Waals surface area contributed by atoms with E-state index in [1.165, 1.54) is 57.6 Å². The van der Waals surface area contributed by atoms with Gasteiger partial charge in [-0.2, -0.15) is 0 Å². The molecule has 27 heavy (non-hydrogen) atoms. The molecule has 5 rings (SSSR count). The molecule has 0 heterocycles. The van der Waals surface area contributed by atoms with E-state index < -0.39 is 0 Å². The summed E-state index contributed by atoms with van der Waals surface area (Å²) in [6.45, 7) is 0. The van der Waals surface area contributed by atoms with Crippen molar-refractivity contribution in [3.63, 3.8) is 0 Å². The molecule has 0 spiro atoms. The molecule has 0 saturated heterocycles. The number of nitrogens with zero attached hydrogens (tertiary/aromatic N) is 1. The highest BCUT2D eigenvalue weighted by Crippen LogP contribution is 2.41. The van der Waals surface area contributed by atoms with Crippen molar-refractivity contribution in [3.05, 3.63) is 89.5 Å². The lowest BCUT2D eigenvalue weighted by atomic mass is 9.77. The lowest BCUT2D eigenvalue weighted by molar-refractivity contribution is 0.619. The van der Waals surface area contributed by atoms with Crippen LogP contribution >= 0.6 is 0 Å². The van der Waals surface area contributed by atoms with E-state index in [0.29, 0.717) is 5.92 Å². The predicted octanol–water partition coefficient (Wildman–Crippen LogP) is 6.53. The Morgan fingerprint density at radius 3 is 2.33 bits per heavy atom. The average molecular weight is 351 g/mol. The Kier molecular flexibility index (Phi) is 3.89. The van der Waals surface area contributed by atoms with Gasteiger partial charge >= 0.3 is 0 Å². The van der Waals surface area contributed by atoms with Gasteiger partial charge < -0.3 is 4.90 Å². The van der Waals surface area contributed by atoms with Gasteiger partial charge in [0.1, 0.15) is 0 Å². The summed E-state index contributed by atoms with van der Waals surface area (Å²) in [7, 11) is 4.20. The van der Waals surface area contributed by atoms with Gasteiger partial charge in [-0.05, 0) is 69.6 Å². The van der Waals surface area contributed by atoms with E-state index in [4.69, 9.17) is 0 Å². The number of benzene rings is 4. The van der Waals surface area contributed by atoms with Crippen molar-refractivity contribution in [2.45, 2.75) is 25.2 Å². The second-order valence-electron chi connectivity index (χ2n) is 7.95. The van der Waals surface area contributed by atoms with Gasteiger partial charge in [-0.1, -0.05) is 60.7 Å². The standard InChI is InChI=1S/C26H25N/c1-27(2)20-13-10-19(11-14-20)22-8-5-9-23-24(22)16-17-25-21-7-4-3-6-18(21)12-15-26(23)25/h3-4,6-7,10-17,22H,5,8-9H2,1-2H3. The number of anilines is 1. The molecule has 1 unspecified atom stereocenters. The van der Waals surface area contributed by atoms with Crippen LogP contribution in [0, 0.1) is 0 Å². The number of rotatable bonds is 2. The van der Waals surface area contributed by atoms with Crippen molar-refractivity contribution >= 4 is 27.2 Å². The zero-order chi connectivity index (χ0) is 18.4. The summed E-state index contributed by atoms with van der Waals surface area (Å²) in [5.74, 6) is 0.515. The molecule has 0 fully saturated rings. The maximum absolute atomic E-state index is 2.40. The molecular weight excluding hydrogens is 326 g/mol. The molecule has 0 radical (unpaired) electrons. The van der Waals surface area contributed by atoms with E-state index in [-0.39, 0.29) is 0 Å². The highest BCUT2D eigenvalue weighted by molar-refractivity contribution is 6.08. The second-order valence-corrected chi connectivity index (χ2v) is 7.95. The summed E-state index contributed by atoms with van der Waals surface area (Å²) in [5, 5.41) is 5.54. The van der Waals surface area contributed by atoms with Gasteiger partial charge in [0.05, 0.1) is 0 Å². The van der Waals surface area contributed by atoms with Gasteiger partial charge in [-0.15, -0.1) is 0 Å². The summed E-state index contributed by atoms with van der Waals surface area (Å²) in [6, 6.07) is 27.2. The van der Waals surface area contributed by atoms with Crippen LogP contribution in [0.3, 0.4) is 0 Å². The largest absolute Gasteiger partial charge is 0.378 e. The Morgan fingerprint density at radius 2 is 1.52 bits per heavy atom. The summed E-state index contributed by atoms with van der Waals surface area (Å²) in [5.41, 5.74) is 5.80. The minimum atomic E-state index is 0.515. The first-order valence-corrected chi connectivity index (χ1v) is 9.93. The number of hydrogen-bond donors (Lipinski definition) is 0. The number of aryl methyl sites for hydroxylation is 1. The summed E-state index contributed by atoms with van der Waals surface area (Å²) in [6.07, 6.45) is 3.70. The van der Waals surface area contributed by atoms with E-state index in [1.54, 1.807) is 5.56 Å². The van der Waals surface area contributed by atoms with Crippen molar-refractivity contribution in [3.8, 4) is 0 Å². The van der Waals surface area contributed by atoms with E-state index >= 15 is 0 Å². The van der Waals surface area contributed by atoms with Crippen LogP contribution < -0.4 is 4.90 Å². The molecule has 1 heteroatoms. The summed E-state index contributed by atoms with van der Waals surface area (Å²) >= 11 is 0. The fraction of sp³-hybridized carbons (Fsp3) is 0.231. The smallest absolute Gasteiger partial charge is 0.0361 e. The molecule has 4 aromatic rings. The maximum Gasteiger partial charge on any atom is 0.0361 e. The van der Waals surface area contributed by atoms with Crippen molar-refractivity contribution in [1.29, 1.82) is 0 Å². The second kappa shape index (κ2) is 6.42. The first-order valence-electron chi connectivity index (χ1n) is 9.93. The van der Waals surface area contributed by atoms with Gasteiger partial charge in [0.2, 0.25) is 0 Å². The maximum atomic E-state index is 2.40. The van der Waals surface area contributed by atoms with Gasteiger partial charge in [-0.3, -0.25) is 0 Å². The Hall–Kier alpha value is -2.80. The Bertz CT molecular complexity index is 1120. The third-order valence-electron chi connectivity index (χ3n) is 6.18. The van der Waals surface area contributed by atoms with Gasteiger partial charge in [0.15, 0.2) is 0 Å². The zero-order valence-corrected chi connectivity index (χ0v) is 16.1. The quantitative estimate of drug-likeness (QED) is 0.371. The minimum absolute atomic E-state index is 0.515. The molecular formula is C26H25N. The monoisotopic (exact) mass is 351 g/mol. The Labute approximate surface area is 161 Å². The van der Waals surface area contributed by atoms with Gasteiger partial charge in [0.25, 0.3) is 0 Å². The molecule has 0 saturated carbocycles. The molecule has 0 bridgehead atoms. The molecule has 0 aromatic heterocycles. The SMILES string of the molecule is CN(C)c1ccc(C2CCCc3c2ccc2c3ccc3ccccc32)cc1. The highest BCUT2D eigenvalue weighted by atomic mass is 15.1. The van der Waals surface area contributed by atoms with E-state index in [0.717, 1.165) is 0 Å². The van der Waals surface area contributed by atoms with Crippen LogP contribution in [0.1, 0.15) is 35.4 Å². The highest BCUT2D eigenvalue weighted by Gasteiger charge is 2.23. The van der Waals surface area contributed by atoms with Crippen LogP contribution in [0.5, 0.6) is 0 Å². The van der Waals surface area contributed by atoms with E-state index in [9.17, 15) is 0 Å². The van der Waals surface area contributed by atoms with Crippen LogP contribution in [0.2, 0.25) is 0 Å². The van der Waals surface area contributed by atoms with Crippen molar-refractivity contribution in [2.75, 3.05) is 19.0 Å². The van der Waals surface area contributed by atoms with Crippen molar-refractivity contribution < 1.29 is 0 Å². The zero-order valence-electron chi connectivity index (χ0n) is 16.1. The molecule has 0 amide bonds. The normalized spacial score (nSPS) is 16.4. The average Bonchev–Trinajstić information content (AvgIpc) is 2.73. The number of fused-ring (bicyclic) bond motifs is 5. The fourth-order valence-electron chi connectivity index (χ4n) is 4.76. The third kappa shape index (κ3) is 2.70. The number of hydrogen-bond acceptors (Lipinski definition) is 1. The van der Waals surface area contributed by atoms with Crippen LogP contribution in [-0.2, 0) is 6.42 Å². The predicted molar refractivity (Wildman–Crippen MR) is 117 cm³/mol. The summed E-state index contributed by atoms with van der Waals surface area (Å²) < 4.78 is 0. The fourth-order valence-corrected chi connectivity index (χ4v) is 4.76. The van der Waals surface area contributed by atoms with E-state index in [2.05, 4.69) is 91.8 Å². The molecule has 0 aliphatic heterocycles. The molecule has 1 aliphatic carbocycles. The third-order valence-corrected chi connectivity index (χ3v) is 6.18. The molecule has 1 nitrogen and oxygen atoms in total. The van der Waals surface area contributed by atoms with Crippen molar-refractivity contribution in [2.24, 2.45) is 0 Å². The minimum Gasteiger partial charge on any atom is -0.378 e. The summed E-state index contributed by atoms with van der Waals surface area (Å²) in [4.78, 5) is 2.16. The lowest BCUT2D eigenvalue weighted by Crippen LogP contribution is -2.12. The first kappa shape index (κ1) is 16.4. The molecule has 1 aliphatic rings. The lowest BCUT2D eigenvalue weighted by Gasteiger charge is -2.28.